The number of nitrogens with one attached hydrogen (secondary N) is 2. The molecule has 0 saturated carbocycles. The lowest BCUT2D eigenvalue weighted by molar-refractivity contribution is -0.127. The first-order valence-corrected chi connectivity index (χ1v) is 9.57. The number of nitrogens with zero attached hydrogens (tertiary/aromatic N) is 2. The van der Waals surface area contributed by atoms with Crippen LogP contribution < -0.4 is 15.5 Å². The third-order valence-electron chi connectivity index (χ3n) is 4.92. The van der Waals surface area contributed by atoms with E-state index in [1.54, 1.807) is 0 Å². The number of carbonyl (C=O) groups excluding carboxylic acids is 2. The molecule has 1 aliphatic rings. The second-order valence-electron chi connectivity index (χ2n) is 6.64. The van der Waals surface area contributed by atoms with E-state index in [0.29, 0.717) is 18.7 Å². The average molecular weight is 358 g/mol. The number of hydrogen-bond acceptors (Lipinski definition) is 4. The second kappa shape index (κ2) is 8.83. The van der Waals surface area contributed by atoms with Gasteiger partial charge in [0, 0.05) is 18.8 Å². The number of imide groups is 1. The number of carbonyl (C=O) groups is 2. The zero-order chi connectivity index (χ0) is 19.2. The summed E-state index contributed by atoms with van der Waals surface area (Å²) in [5.74, 6) is 0.217. The molecule has 0 unspecified atom stereocenters. The first-order valence-electron chi connectivity index (χ1n) is 9.57. The normalized spacial score (nSPS) is 17.8. The van der Waals surface area contributed by atoms with Crippen molar-refractivity contribution in [1.29, 1.82) is 0 Å². The van der Waals surface area contributed by atoms with Gasteiger partial charge in [0.2, 0.25) is 5.91 Å². The van der Waals surface area contributed by atoms with Gasteiger partial charge >= 0.3 is 6.03 Å². The van der Waals surface area contributed by atoms with Crippen molar-refractivity contribution in [2.24, 2.45) is 10.4 Å². The first-order chi connectivity index (χ1) is 12.5. The molecular weight excluding hydrogens is 328 g/mol. The Hall–Kier alpha value is -2.37. The van der Waals surface area contributed by atoms with Crippen LogP contribution in [0.15, 0.2) is 29.3 Å². The molecule has 142 valence electrons. The predicted molar refractivity (Wildman–Crippen MR) is 106 cm³/mol. The molecule has 1 aliphatic heterocycles. The Balaban J connectivity index is 2.40. The van der Waals surface area contributed by atoms with E-state index in [1.807, 2.05) is 38.1 Å². The van der Waals surface area contributed by atoms with Crippen molar-refractivity contribution in [3.63, 3.8) is 0 Å². The minimum atomic E-state index is -0.769. The molecule has 26 heavy (non-hydrogen) atoms. The van der Waals surface area contributed by atoms with E-state index in [9.17, 15) is 9.59 Å². The molecule has 1 aromatic carbocycles. The van der Waals surface area contributed by atoms with E-state index in [-0.39, 0.29) is 5.91 Å². The number of amides is 3. The van der Waals surface area contributed by atoms with Crippen LogP contribution in [0.2, 0.25) is 0 Å². The molecule has 2 rings (SSSR count). The maximum atomic E-state index is 12.7. The molecule has 1 heterocycles. The number of hydrogen-bond donors (Lipinski definition) is 2. The van der Waals surface area contributed by atoms with Gasteiger partial charge in [-0.05, 0) is 51.0 Å². The zero-order valence-corrected chi connectivity index (χ0v) is 16.3. The Morgan fingerprint density at radius 1 is 0.923 bits per heavy atom. The quantitative estimate of drug-likeness (QED) is 0.738. The van der Waals surface area contributed by atoms with E-state index >= 15 is 0 Å². The SMILES string of the molecule is CCCC1(CCC)C(=O)NC(=O)NC1=Nc1ccc(N(CC)CC)cc1. The molecule has 0 atom stereocenters. The van der Waals surface area contributed by atoms with Gasteiger partial charge in [-0.15, -0.1) is 0 Å². The van der Waals surface area contributed by atoms with Crippen LogP contribution in [0.5, 0.6) is 0 Å². The van der Waals surface area contributed by atoms with Crippen molar-refractivity contribution in [2.75, 3.05) is 18.0 Å². The molecule has 3 amide bonds. The molecule has 6 heteroatoms. The highest BCUT2D eigenvalue weighted by Gasteiger charge is 2.46. The summed E-state index contributed by atoms with van der Waals surface area (Å²) in [7, 11) is 0. The molecule has 6 nitrogen and oxygen atoms in total. The number of benzene rings is 1. The summed E-state index contributed by atoms with van der Waals surface area (Å²) in [6.07, 6.45) is 2.99. The van der Waals surface area contributed by atoms with Crippen LogP contribution in [0.1, 0.15) is 53.4 Å². The number of anilines is 1. The topological polar surface area (TPSA) is 73.8 Å². The summed E-state index contributed by atoms with van der Waals surface area (Å²) in [5, 5.41) is 5.20. The van der Waals surface area contributed by atoms with E-state index in [2.05, 4.69) is 34.4 Å². The maximum Gasteiger partial charge on any atom is 0.326 e. The Bertz CT molecular complexity index is 657. The maximum absolute atomic E-state index is 12.7. The van der Waals surface area contributed by atoms with E-state index in [1.165, 1.54) is 0 Å². The lowest BCUT2D eigenvalue weighted by Crippen LogP contribution is -2.62. The van der Waals surface area contributed by atoms with E-state index in [4.69, 9.17) is 0 Å². The first kappa shape index (κ1) is 19.9. The molecule has 2 N–H and O–H groups in total. The van der Waals surface area contributed by atoms with Gasteiger partial charge < -0.3 is 4.90 Å². The molecule has 0 bridgehead atoms. The predicted octanol–water partition coefficient (Wildman–Crippen LogP) is 3.99. The minimum absolute atomic E-state index is 0.247. The Morgan fingerprint density at radius 3 is 2.00 bits per heavy atom. The molecule has 0 aliphatic carbocycles. The summed E-state index contributed by atoms with van der Waals surface area (Å²) >= 11 is 0. The largest absolute Gasteiger partial charge is 0.372 e. The molecule has 0 radical (unpaired) electrons. The molecule has 1 saturated heterocycles. The third-order valence-corrected chi connectivity index (χ3v) is 4.92. The molecule has 1 aromatic rings. The highest BCUT2D eigenvalue weighted by molar-refractivity contribution is 6.21. The van der Waals surface area contributed by atoms with Crippen LogP contribution in [0.3, 0.4) is 0 Å². The average Bonchev–Trinajstić information content (AvgIpc) is 2.62. The minimum Gasteiger partial charge on any atom is -0.372 e. The highest BCUT2D eigenvalue weighted by Crippen LogP contribution is 2.34. The fourth-order valence-electron chi connectivity index (χ4n) is 3.62. The van der Waals surface area contributed by atoms with Crippen molar-refractivity contribution in [1.82, 2.24) is 10.6 Å². The monoisotopic (exact) mass is 358 g/mol. The summed E-state index contributed by atoms with van der Waals surface area (Å²) in [6, 6.07) is 7.41. The van der Waals surface area contributed by atoms with Crippen LogP contribution >= 0.6 is 0 Å². The number of aliphatic imine (C=N–C) groups is 1. The lowest BCUT2D eigenvalue weighted by Gasteiger charge is -2.36. The van der Waals surface area contributed by atoms with Crippen molar-refractivity contribution in [3.8, 4) is 0 Å². The number of rotatable bonds is 8. The van der Waals surface area contributed by atoms with Crippen LogP contribution in [0.25, 0.3) is 0 Å². The summed E-state index contributed by atoms with van der Waals surface area (Å²) in [6.45, 7) is 10.2. The zero-order valence-electron chi connectivity index (χ0n) is 16.3. The molecule has 1 fully saturated rings. The van der Waals surface area contributed by atoms with E-state index < -0.39 is 11.4 Å². The second-order valence-corrected chi connectivity index (χ2v) is 6.64. The fourth-order valence-corrected chi connectivity index (χ4v) is 3.62. The standard InChI is InChI=1S/C20H30N4O2/c1-5-13-20(14-6-2)17(22-19(26)23-18(20)25)21-15-9-11-16(12-10-15)24(7-3)8-4/h9-12H,5-8,13-14H2,1-4H3,(H2,21,22,23,25,26). The number of amidine groups is 1. The Morgan fingerprint density at radius 2 is 1.50 bits per heavy atom. The van der Waals surface area contributed by atoms with Gasteiger partial charge in [0.1, 0.15) is 11.3 Å². The fraction of sp³-hybridized carbons (Fsp3) is 0.550. The summed E-state index contributed by atoms with van der Waals surface area (Å²) < 4.78 is 0. The molecule has 0 spiro atoms. The van der Waals surface area contributed by atoms with Crippen molar-refractivity contribution >= 4 is 29.1 Å². The van der Waals surface area contributed by atoms with Crippen molar-refractivity contribution in [2.45, 2.75) is 53.4 Å². The molecule has 0 aromatic heterocycles. The van der Waals surface area contributed by atoms with E-state index in [0.717, 1.165) is 37.3 Å². The van der Waals surface area contributed by atoms with Crippen LogP contribution in [-0.4, -0.2) is 30.9 Å². The smallest absolute Gasteiger partial charge is 0.326 e. The summed E-state index contributed by atoms with van der Waals surface area (Å²) in [5.41, 5.74) is 1.11. The molecular formula is C20H30N4O2. The van der Waals surface area contributed by atoms with Gasteiger partial charge in [0.05, 0.1) is 5.69 Å². The Kier molecular flexibility index (Phi) is 6.77. The summed E-state index contributed by atoms with van der Waals surface area (Å²) in [4.78, 5) is 31.5. The van der Waals surface area contributed by atoms with Gasteiger partial charge in [-0.25, -0.2) is 9.79 Å². The number of urea groups is 1. The van der Waals surface area contributed by atoms with Crippen LogP contribution in [0, 0.1) is 5.41 Å². The van der Waals surface area contributed by atoms with Gasteiger partial charge in [0.15, 0.2) is 0 Å². The van der Waals surface area contributed by atoms with Gasteiger partial charge in [-0.3, -0.25) is 15.4 Å². The Labute approximate surface area is 156 Å². The van der Waals surface area contributed by atoms with Crippen molar-refractivity contribution < 1.29 is 9.59 Å². The van der Waals surface area contributed by atoms with Crippen molar-refractivity contribution in [3.05, 3.63) is 24.3 Å². The van der Waals surface area contributed by atoms with Crippen LogP contribution in [-0.2, 0) is 4.79 Å². The van der Waals surface area contributed by atoms with Gasteiger partial charge in [-0.1, -0.05) is 26.7 Å². The van der Waals surface area contributed by atoms with Gasteiger partial charge in [0.25, 0.3) is 0 Å². The highest BCUT2D eigenvalue weighted by atomic mass is 16.2. The lowest BCUT2D eigenvalue weighted by atomic mass is 9.76. The third kappa shape index (κ3) is 4.06. The van der Waals surface area contributed by atoms with Gasteiger partial charge in [-0.2, -0.15) is 0 Å². The van der Waals surface area contributed by atoms with Crippen LogP contribution in [0.4, 0.5) is 16.2 Å².